The molecule has 0 heterocycles. The van der Waals surface area contributed by atoms with Crippen LogP contribution in [0.4, 0.5) is 0 Å². The Bertz CT molecular complexity index is 555. The fourth-order valence-electron chi connectivity index (χ4n) is 1.52. The van der Waals surface area contributed by atoms with Gasteiger partial charge in [0.15, 0.2) is 0 Å². The van der Waals surface area contributed by atoms with Crippen molar-refractivity contribution >= 4 is 23.9 Å². The molecule has 0 radical (unpaired) electrons. The summed E-state index contributed by atoms with van der Waals surface area (Å²) in [5.41, 5.74) is 0. The third kappa shape index (κ3) is 1.09. The van der Waals surface area contributed by atoms with Crippen molar-refractivity contribution in [2.75, 3.05) is 0 Å². The Balaban J connectivity index is 3.19. The summed E-state index contributed by atoms with van der Waals surface area (Å²) in [7, 11) is 0. The van der Waals surface area contributed by atoms with Crippen LogP contribution in [0.25, 0.3) is 23.9 Å². The summed E-state index contributed by atoms with van der Waals surface area (Å²) < 4.78 is 0. The highest BCUT2D eigenvalue weighted by atomic mass is 16.3. The van der Waals surface area contributed by atoms with E-state index in [1.54, 1.807) is 6.07 Å². The fraction of sp³-hybridized carbons (Fsp3) is 0. The van der Waals surface area contributed by atoms with Gasteiger partial charge in [-0.15, -0.1) is 0 Å². The highest BCUT2D eigenvalue weighted by Crippen LogP contribution is 2.17. The molecule has 1 N–H and O–H groups in total. The predicted octanol–water partition coefficient (Wildman–Crippen LogP) is 1.37. The summed E-state index contributed by atoms with van der Waals surface area (Å²) in [6.07, 6.45) is 0. The molecule has 2 aromatic carbocycles. The minimum Gasteiger partial charge on any atom is -0.507 e. The maximum Gasteiger partial charge on any atom is 0.124 e. The van der Waals surface area contributed by atoms with Gasteiger partial charge in [-0.25, -0.2) is 0 Å². The molecule has 0 aliphatic carbocycles. The van der Waals surface area contributed by atoms with Crippen LogP contribution < -0.4 is 10.4 Å². The largest absolute Gasteiger partial charge is 0.507 e. The number of rotatable bonds is 0. The Hall–Kier alpha value is -1.76. The second-order valence-corrected chi connectivity index (χ2v) is 3.08. The molecule has 0 saturated heterocycles. The van der Waals surface area contributed by atoms with Crippen molar-refractivity contribution in [3.63, 3.8) is 0 Å². The topological polar surface area (TPSA) is 20.2 Å². The highest BCUT2D eigenvalue weighted by Gasteiger charge is 1.99. The molecule has 1 heteroatoms. The molecule has 2 aromatic rings. The van der Waals surface area contributed by atoms with Gasteiger partial charge in [-0.05, 0) is 21.9 Å². The van der Waals surface area contributed by atoms with Crippen LogP contribution in [0.3, 0.4) is 0 Å². The predicted molar refractivity (Wildman–Crippen MR) is 55.9 cm³/mol. The van der Waals surface area contributed by atoms with Gasteiger partial charge in [0, 0.05) is 5.39 Å². The lowest BCUT2D eigenvalue weighted by Crippen LogP contribution is -2.08. The minimum absolute atomic E-state index is 0.271. The van der Waals surface area contributed by atoms with Gasteiger partial charge in [0.2, 0.25) is 0 Å². The maximum atomic E-state index is 9.61. The summed E-state index contributed by atoms with van der Waals surface area (Å²) in [6, 6.07) is 9.18. The van der Waals surface area contributed by atoms with Crippen molar-refractivity contribution in [1.29, 1.82) is 0 Å². The average molecular weight is 170 g/mol. The van der Waals surface area contributed by atoms with E-state index < -0.39 is 0 Å². The Morgan fingerprint density at radius 1 is 0.923 bits per heavy atom. The Labute approximate surface area is 76.3 Å². The molecule has 0 bridgehead atoms. The highest BCUT2D eigenvalue weighted by molar-refractivity contribution is 5.88. The Kier molecular flexibility index (Phi) is 1.59. The van der Waals surface area contributed by atoms with Crippen molar-refractivity contribution in [1.82, 2.24) is 0 Å². The summed E-state index contributed by atoms with van der Waals surface area (Å²) in [4.78, 5) is 0. The Morgan fingerprint density at radius 3 is 2.31 bits per heavy atom. The molecule has 0 aromatic heterocycles. The lowest BCUT2D eigenvalue weighted by molar-refractivity contribution is 0.481. The van der Waals surface area contributed by atoms with Gasteiger partial charge >= 0.3 is 0 Å². The Morgan fingerprint density at radius 2 is 1.62 bits per heavy atom. The zero-order valence-corrected chi connectivity index (χ0v) is 7.25. The first kappa shape index (κ1) is 7.87. The van der Waals surface area contributed by atoms with Gasteiger partial charge in [0.25, 0.3) is 0 Å². The number of fused-ring (bicyclic) bond motifs is 1. The van der Waals surface area contributed by atoms with Gasteiger partial charge in [-0.2, -0.15) is 0 Å². The molecule has 0 amide bonds. The molecule has 0 saturated carbocycles. The monoisotopic (exact) mass is 170 g/mol. The molecule has 0 aliphatic heterocycles. The summed E-state index contributed by atoms with van der Waals surface area (Å²) in [5, 5.41) is 13.1. The number of benzene rings is 2. The number of hydrogen-bond acceptors (Lipinski definition) is 1. The van der Waals surface area contributed by atoms with Crippen LogP contribution in [-0.2, 0) is 0 Å². The smallest absolute Gasteiger partial charge is 0.124 e. The first-order valence-electron chi connectivity index (χ1n) is 4.09. The number of phenolic OH excluding ortho intramolecular Hbond substituents is 1. The van der Waals surface area contributed by atoms with Gasteiger partial charge in [-0.1, -0.05) is 37.4 Å². The zero-order valence-electron chi connectivity index (χ0n) is 7.25. The molecule has 13 heavy (non-hydrogen) atoms. The van der Waals surface area contributed by atoms with Crippen LogP contribution in [0.5, 0.6) is 5.75 Å². The average Bonchev–Trinajstić information content (AvgIpc) is 2.12. The lowest BCUT2D eigenvalue weighted by Gasteiger charge is -2.01. The molecule has 0 fully saturated rings. The van der Waals surface area contributed by atoms with E-state index in [-0.39, 0.29) is 5.75 Å². The SMILES string of the molecule is C=c1ccc(=C)c2c(O)cccc12. The number of aromatic hydroxyl groups is 1. The molecule has 1 nitrogen and oxygen atoms in total. The van der Waals surface area contributed by atoms with E-state index in [9.17, 15) is 5.11 Å². The van der Waals surface area contributed by atoms with Crippen molar-refractivity contribution in [3.05, 3.63) is 40.8 Å². The zero-order chi connectivity index (χ0) is 9.42. The molecule has 0 atom stereocenters. The third-order valence-corrected chi connectivity index (χ3v) is 2.20. The van der Waals surface area contributed by atoms with Crippen LogP contribution in [0.15, 0.2) is 30.3 Å². The second kappa shape index (κ2) is 2.63. The van der Waals surface area contributed by atoms with Crippen LogP contribution in [0.2, 0.25) is 0 Å². The van der Waals surface area contributed by atoms with Crippen molar-refractivity contribution in [2.45, 2.75) is 0 Å². The van der Waals surface area contributed by atoms with E-state index >= 15 is 0 Å². The van der Waals surface area contributed by atoms with Gasteiger partial charge in [0.1, 0.15) is 5.75 Å². The molecule has 0 spiro atoms. The molecule has 0 aliphatic rings. The number of hydrogen-bond donors (Lipinski definition) is 1. The minimum atomic E-state index is 0.271. The maximum absolute atomic E-state index is 9.61. The van der Waals surface area contributed by atoms with Gasteiger partial charge in [0.05, 0.1) is 0 Å². The molecule has 2 rings (SSSR count). The molecular weight excluding hydrogens is 160 g/mol. The first-order chi connectivity index (χ1) is 6.20. The van der Waals surface area contributed by atoms with Gasteiger partial charge in [-0.3, -0.25) is 0 Å². The van der Waals surface area contributed by atoms with E-state index in [4.69, 9.17) is 0 Å². The molecular formula is C12H10O. The van der Waals surface area contributed by atoms with Crippen molar-refractivity contribution in [2.24, 2.45) is 0 Å². The van der Waals surface area contributed by atoms with E-state index in [2.05, 4.69) is 13.2 Å². The van der Waals surface area contributed by atoms with Crippen molar-refractivity contribution in [3.8, 4) is 5.75 Å². The van der Waals surface area contributed by atoms with E-state index in [0.717, 1.165) is 21.2 Å². The first-order valence-corrected chi connectivity index (χ1v) is 4.09. The summed E-state index contributed by atoms with van der Waals surface area (Å²) in [5.74, 6) is 0.271. The van der Waals surface area contributed by atoms with Crippen LogP contribution in [0, 0.1) is 0 Å². The number of phenols is 1. The van der Waals surface area contributed by atoms with Crippen LogP contribution >= 0.6 is 0 Å². The van der Waals surface area contributed by atoms with E-state index in [1.165, 1.54) is 0 Å². The molecule has 0 unspecified atom stereocenters. The van der Waals surface area contributed by atoms with E-state index in [0.29, 0.717) is 0 Å². The fourth-order valence-corrected chi connectivity index (χ4v) is 1.52. The molecule has 64 valence electrons. The van der Waals surface area contributed by atoms with Crippen LogP contribution in [0.1, 0.15) is 0 Å². The lowest BCUT2D eigenvalue weighted by atomic mass is 10.1. The quantitative estimate of drug-likeness (QED) is 0.633. The van der Waals surface area contributed by atoms with Crippen LogP contribution in [-0.4, -0.2) is 5.11 Å². The third-order valence-electron chi connectivity index (χ3n) is 2.20. The summed E-state index contributed by atoms with van der Waals surface area (Å²) in [6.45, 7) is 7.75. The second-order valence-electron chi connectivity index (χ2n) is 3.08. The van der Waals surface area contributed by atoms with E-state index in [1.807, 2.05) is 24.3 Å². The normalized spacial score (nSPS) is 10.5. The summed E-state index contributed by atoms with van der Waals surface area (Å²) >= 11 is 0. The van der Waals surface area contributed by atoms with Gasteiger partial charge < -0.3 is 5.11 Å². The standard InChI is InChI=1S/C12H10O/c1-8-6-7-9(2)12-10(8)4-3-5-11(12)13/h3-7,13H,1-2H2. The van der Waals surface area contributed by atoms with Crippen molar-refractivity contribution < 1.29 is 5.11 Å².